The van der Waals surface area contributed by atoms with Gasteiger partial charge < -0.3 is 14.2 Å². The van der Waals surface area contributed by atoms with E-state index in [1.54, 1.807) is 0 Å². The fraction of sp³-hybridized carbons (Fsp3) is 0.304. The molecule has 2 aliphatic heterocycles. The van der Waals surface area contributed by atoms with Crippen molar-refractivity contribution in [3.8, 4) is 11.4 Å². The van der Waals surface area contributed by atoms with Gasteiger partial charge in [0.15, 0.2) is 5.17 Å². The zero-order valence-electron chi connectivity index (χ0n) is 16.6. The minimum atomic E-state index is 0.00236. The summed E-state index contributed by atoms with van der Waals surface area (Å²) in [5.74, 6) is 0.896. The summed E-state index contributed by atoms with van der Waals surface area (Å²) in [6.45, 7) is 5.95. The molecule has 5 nitrogen and oxygen atoms in total. The van der Waals surface area contributed by atoms with Gasteiger partial charge in [-0.15, -0.1) is 0 Å². The summed E-state index contributed by atoms with van der Waals surface area (Å²) in [4.78, 5) is 12.2. The highest BCUT2D eigenvalue weighted by molar-refractivity contribution is 8.14. The van der Waals surface area contributed by atoms with Crippen molar-refractivity contribution in [3.63, 3.8) is 0 Å². The molecule has 0 spiro atoms. The number of thioether (sulfide) groups is 1. The average molecular weight is 405 g/mol. The number of fused-ring (bicyclic) bond motifs is 1. The number of nitrogens with zero attached hydrogens (tertiary/aromatic N) is 4. The molecule has 29 heavy (non-hydrogen) atoms. The maximum atomic E-state index is 5.60. The molecule has 0 N–H and O–H groups in total. The second kappa shape index (κ2) is 7.59. The predicted octanol–water partition coefficient (Wildman–Crippen LogP) is 4.86. The molecule has 1 fully saturated rings. The average Bonchev–Trinajstić information content (AvgIpc) is 3.43. The van der Waals surface area contributed by atoms with Gasteiger partial charge in [0, 0.05) is 35.6 Å². The van der Waals surface area contributed by atoms with E-state index in [0.717, 1.165) is 28.8 Å². The normalized spacial score (nSPS) is 23.2. The van der Waals surface area contributed by atoms with Crippen LogP contribution in [0.2, 0.25) is 0 Å². The molecule has 0 aliphatic carbocycles. The van der Waals surface area contributed by atoms with Crippen LogP contribution in [0.4, 0.5) is 0 Å². The number of ether oxygens (including phenoxy) is 1. The Labute approximate surface area is 175 Å². The zero-order chi connectivity index (χ0) is 19.8. The molecule has 0 amide bonds. The van der Waals surface area contributed by atoms with Gasteiger partial charge >= 0.3 is 0 Å². The van der Waals surface area contributed by atoms with Crippen molar-refractivity contribution < 1.29 is 4.74 Å². The number of benzene rings is 1. The molecule has 4 heterocycles. The molecule has 5 rings (SSSR count). The number of hydrogen-bond acceptors (Lipinski definition) is 5. The molecule has 0 radical (unpaired) electrons. The van der Waals surface area contributed by atoms with Crippen molar-refractivity contribution in [2.24, 2.45) is 4.99 Å². The van der Waals surface area contributed by atoms with Crippen LogP contribution in [0, 0.1) is 0 Å². The SMILES string of the molecule is CCOc1ccc(-n2cccc2[C@@H]2[C@@H](c3ccccn3)N=C3S[C@H](C)CN32)cc1. The molecule has 1 aromatic carbocycles. The smallest absolute Gasteiger partial charge is 0.160 e. The third-order valence-corrected chi connectivity index (χ3v) is 6.49. The molecular formula is C23H24N4OS. The summed E-state index contributed by atoms with van der Waals surface area (Å²) in [6, 6.07) is 18.8. The largest absolute Gasteiger partial charge is 0.494 e. The van der Waals surface area contributed by atoms with Crippen LogP contribution in [-0.4, -0.2) is 38.0 Å². The number of pyridine rings is 1. The molecule has 3 aromatic rings. The quantitative estimate of drug-likeness (QED) is 0.609. The van der Waals surface area contributed by atoms with E-state index in [-0.39, 0.29) is 12.1 Å². The lowest BCUT2D eigenvalue weighted by molar-refractivity contribution is 0.312. The van der Waals surface area contributed by atoms with Gasteiger partial charge in [0.25, 0.3) is 0 Å². The van der Waals surface area contributed by atoms with Crippen molar-refractivity contribution in [2.45, 2.75) is 31.2 Å². The van der Waals surface area contributed by atoms with Gasteiger partial charge in [-0.3, -0.25) is 9.98 Å². The van der Waals surface area contributed by atoms with E-state index in [9.17, 15) is 0 Å². The Kier molecular flexibility index (Phi) is 4.79. The Morgan fingerprint density at radius 2 is 1.97 bits per heavy atom. The number of rotatable bonds is 5. The summed E-state index contributed by atoms with van der Waals surface area (Å²) in [6.07, 6.45) is 3.99. The summed E-state index contributed by atoms with van der Waals surface area (Å²) >= 11 is 1.87. The van der Waals surface area contributed by atoms with Gasteiger partial charge in [-0.05, 0) is 55.5 Å². The first kappa shape index (κ1) is 18.3. The van der Waals surface area contributed by atoms with E-state index in [2.05, 4.69) is 57.9 Å². The lowest BCUT2D eigenvalue weighted by Crippen LogP contribution is -2.30. The molecule has 0 unspecified atom stereocenters. The molecule has 148 valence electrons. The highest BCUT2D eigenvalue weighted by Crippen LogP contribution is 2.47. The maximum absolute atomic E-state index is 5.60. The zero-order valence-corrected chi connectivity index (χ0v) is 17.4. The van der Waals surface area contributed by atoms with E-state index in [4.69, 9.17) is 9.73 Å². The second-order valence-corrected chi connectivity index (χ2v) is 8.77. The molecule has 0 saturated carbocycles. The highest BCUT2D eigenvalue weighted by atomic mass is 32.2. The fourth-order valence-corrected chi connectivity index (χ4v) is 5.27. The van der Waals surface area contributed by atoms with Crippen molar-refractivity contribution in [3.05, 3.63) is 78.4 Å². The lowest BCUT2D eigenvalue weighted by Gasteiger charge is -2.28. The van der Waals surface area contributed by atoms with Crippen molar-refractivity contribution in [1.29, 1.82) is 0 Å². The highest BCUT2D eigenvalue weighted by Gasteiger charge is 2.44. The maximum Gasteiger partial charge on any atom is 0.160 e. The number of aliphatic imine (C=N–C) groups is 1. The Balaban J connectivity index is 1.55. The molecular weight excluding hydrogens is 380 g/mol. The van der Waals surface area contributed by atoms with Gasteiger partial charge in [-0.1, -0.05) is 24.8 Å². The van der Waals surface area contributed by atoms with Gasteiger partial charge in [0.05, 0.1) is 18.3 Å². The van der Waals surface area contributed by atoms with Crippen LogP contribution >= 0.6 is 11.8 Å². The van der Waals surface area contributed by atoms with Crippen molar-refractivity contribution in [2.75, 3.05) is 13.2 Å². The monoisotopic (exact) mass is 404 g/mol. The van der Waals surface area contributed by atoms with Crippen LogP contribution in [0.15, 0.2) is 72.0 Å². The van der Waals surface area contributed by atoms with Crippen molar-refractivity contribution >= 4 is 16.9 Å². The van der Waals surface area contributed by atoms with E-state index < -0.39 is 0 Å². The summed E-state index contributed by atoms with van der Waals surface area (Å²) in [5, 5.41) is 1.69. The minimum Gasteiger partial charge on any atom is -0.494 e. The van der Waals surface area contributed by atoms with Gasteiger partial charge in [0.1, 0.15) is 11.8 Å². The molecule has 0 bridgehead atoms. The van der Waals surface area contributed by atoms with Gasteiger partial charge in [-0.25, -0.2) is 0 Å². The molecule has 6 heteroatoms. The molecule has 2 aromatic heterocycles. The number of hydrogen-bond donors (Lipinski definition) is 0. The van der Waals surface area contributed by atoms with Crippen LogP contribution in [0.1, 0.15) is 37.3 Å². The molecule has 3 atom stereocenters. The Bertz CT molecular complexity index is 1010. The molecule has 2 aliphatic rings. The van der Waals surface area contributed by atoms with Gasteiger partial charge in [-0.2, -0.15) is 0 Å². The molecule has 1 saturated heterocycles. The minimum absolute atomic E-state index is 0.00236. The first-order chi connectivity index (χ1) is 14.2. The summed E-state index contributed by atoms with van der Waals surface area (Å²) in [7, 11) is 0. The standard InChI is InChI=1S/C23H24N4OS/c1-3-28-18-11-9-17(10-12-18)26-14-6-8-20(26)22-21(19-7-4-5-13-24-19)25-23-27(22)15-16(2)29-23/h4-14,16,21-22H,3,15H2,1-2H3/t16-,21-,22-/m1/s1. The summed E-state index contributed by atoms with van der Waals surface area (Å²) < 4.78 is 7.87. The van der Waals surface area contributed by atoms with Crippen LogP contribution in [0.5, 0.6) is 5.75 Å². The predicted molar refractivity (Wildman–Crippen MR) is 118 cm³/mol. The fourth-order valence-electron chi connectivity index (χ4n) is 4.18. The van der Waals surface area contributed by atoms with Crippen molar-refractivity contribution in [1.82, 2.24) is 14.5 Å². The van der Waals surface area contributed by atoms with E-state index in [1.807, 2.05) is 49.1 Å². The van der Waals surface area contributed by atoms with E-state index in [0.29, 0.717) is 11.9 Å². The second-order valence-electron chi connectivity index (χ2n) is 7.37. The van der Waals surface area contributed by atoms with Crippen LogP contribution < -0.4 is 4.74 Å². The number of amidine groups is 1. The summed E-state index contributed by atoms with van der Waals surface area (Å²) in [5.41, 5.74) is 3.38. The topological polar surface area (TPSA) is 42.6 Å². The third kappa shape index (κ3) is 3.31. The lowest BCUT2D eigenvalue weighted by atomic mass is 10.0. The first-order valence-corrected chi connectivity index (χ1v) is 10.9. The van der Waals surface area contributed by atoms with E-state index >= 15 is 0 Å². The van der Waals surface area contributed by atoms with Crippen LogP contribution in [0.3, 0.4) is 0 Å². The van der Waals surface area contributed by atoms with E-state index in [1.165, 1.54) is 5.69 Å². The Morgan fingerprint density at radius 3 is 2.72 bits per heavy atom. The Morgan fingerprint density at radius 1 is 1.10 bits per heavy atom. The first-order valence-electron chi connectivity index (χ1n) is 10.1. The number of aromatic nitrogens is 2. The van der Waals surface area contributed by atoms with Gasteiger partial charge in [0.2, 0.25) is 0 Å². The van der Waals surface area contributed by atoms with Crippen LogP contribution in [0.25, 0.3) is 5.69 Å². The Hall–Kier alpha value is -2.73. The third-order valence-electron chi connectivity index (χ3n) is 5.39. The van der Waals surface area contributed by atoms with Crippen LogP contribution in [-0.2, 0) is 0 Å².